The van der Waals surface area contributed by atoms with Crippen molar-refractivity contribution in [1.29, 1.82) is 0 Å². The molecular weight excluding hydrogens is 483 g/mol. The molecule has 7 nitrogen and oxygen atoms in total. The van der Waals surface area contributed by atoms with Gasteiger partial charge in [-0.25, -0.2) is 8.42 Å². The molecule has 2 saturated heterocycles. The van der Waals surface area contributed by atoms with Gasteiger partial charge in [-0.3, -0.25) is 7.86 Å². The molecule has 0 N–H and O–H groups in total. The molecule has 2 aliphatic rings. The Labute approximate surface area is 169 Å². The number of hydrogen-bond donors (Lipinski definition) is 0. The van der Waals surface area contributed by atoms with Gasteiger partial charge in [-0.05, 0) is 30.8 Å². The van der Waals surface area contributed by atoms with E-state index in [2.05, 4.69) is 11.9 Å². The molecule has 2 aliphatic heterocycles. The molecule has 1 aromatic carbocycles. The second-order valence-electron chi connectivity index (χ2n) is 6.97. The lowest BCUT2D eigenvalue weighted by Crippen LogP contribution is -2.52. The summed E-state index contributed by atoms with van der Waals surface area (Å²) in [5.41, 5.74) is 0.560. The number of nitrogens with zero attached hydrogens (tertiary/aromatic N) is 2. The average Bonchev–Trinajstić information content (AvgIpc) is 3.04. The number of carbonyl (C=O) groups excluding carboxylic acids is 1. The minimum Gasteiger partial charge on any atom is -0.354 e. The summed E-state index contributed by atoms with van der Waals surface area (Å²) in [7, 11) is -1.22. The number of benzene rings is 1. The van der Waals surface area contributed by atoms with Crippen LogP contribution in [-0.2, 0) is 22.4 Å². The van der Waals surface area contributed by atoms with Gasteiger partial charge in [0.25, 0.3) is 3.79 Å². The molecule has 27 heavy (non-hydrogen) atoms. The van der Waals surface area contributed by atoms with Crippen molar-refractivity contribution in [2.75, 3.05) is 39.5 Å². The number of rotatable bonds is 5. The molecule has 0 bridgehead atoms. The Morgan fingerprint density at radius 3 is 2.37 bits per heavy atom. The predicted molar refractivity (Wildman–Crippen MR) is 109 cm³/mol. The maximum absolute atomic E-state index is 12.5. The number of ether oxygens (including phenoxy) is 1. The van der Waals surface area contributed by atoms with Crippen LogP contribution >= 0.6 is 21.2 Å². The molecule has 148 valence electrons. The van der Waals surface area contributed by atoms with Crippen LogP contribution in [0.3, 0.4) is 0 Å². The largest absolute Gasteiger partial charge is 0.354 e. The van der Waals surface area contributed by atoms with Gasteiger partial charge in [-0.1, -0.05) is 12.1 Å². The van der Waals surface area contributed by atoms with Gasteiger partial charge < -0.3 is 14.5 Å². The minimum atomic E-state index is -3.28. The van der Waals surface area contributed by atoms with Crippen molar-refractivity contribution in [1.82, 2.24) is 9.80 Å². The highest BCUT2D eigenvalue weighted by molar-refractivity contribution is 14.2. The van der Waals surface area contributed by atoms with Gasteiger partial charge in [-0.15, -0.1) is 0 Å². The summed E-state index contributed by atoms with van der Waals surface area (Å²) >= 11 is -1.85. The first-order valence-electron chi connectivity index (χ1n) is 8.68. The lowest BCUT2D eigenvalue weighted by molar-refractivity contribution is -0.119. The molecular formula is C18H23IN2O5S. The minimum absolute atomic E-state index is 0.222. The van der Waals surface area contributed by atoms with Crippen LogP contribution in [0.15, 0.2) is 34.9 Å². The normalized spacial score (nSPS) is 21.0. The summed E-state index contributed by atoms with van der Waals surface area (Å²) in [4.78, 5) is 16.9. The molecule has 0 unspecified atom stereocenters. The van der Waals surface area contributed by atoms with Gasteiger partial charge in [0.1, 0.15) is 5.72 Å². The van der Waals surface area contributed by atoms with Crippen molar-refractivity contribution < 1.29 is 21.0 Å². The van der Waals surface area contributed by atoms with Crippen LogP contribution in [0.2, 0.25) is 0 Å². The van der Waals surface area contributed by atoms with E-state index in [1.807, 2.05) is 4.90 Å². The number of piperidine rings is 1. The summed E-state index contributed by atoms with van der Waals surface area (Å²) in [6.07, 6.45) is 4.40. The maximum Gasteiger partial charge on any atom is 0.272 e. The Morgan fingerprint density at radius 1 is 1.19 bits per heavy atom. The van der Waals surface area contributed by atoms with Crippen LogP contribution in [0, 0.1) is 0 Å². The van der Waals surface area contributed by atoms with Gasteiger partial charge in [0.05, 0.1) is 17.2 Å². The Hall–Kier alpha value is -1.17. The zero-order valence-electron chi connectivity index (χ0n) is 15.4. The smallest absolute Gasteiger partial charge is 0.272 e. The van der Waals surface area contributed by atoms with E-state index in [4.69, 9.17) is 4.74 Å². The predicted octanol–water partition coefficient (Wildman–Crippen LogP) is 2.03. The van der Waals surface area contributed by atoms with E-state index in [1.165, 1.54) is 12.1 Å². The highest BCUT2D eigenvalue weighted by atomic mass is 127. The first-order chi connectivity index (χ1) is 12.7. The van der Waals surface area contributed by atoms with Crippen LogP contribution in [-0.4, -0.2) is 67.3 Å². The molecule has 0 saturated carbocycles. The molecule has 3 rings (SSSR count). The number of hydrogen-bond acceptors (Lipinski definition) is 7. The third-order valence-corrected chi connectivity index (χ3v) is 7.20. The second kappa shape index (κ2) is 8.06. The van der Waals surface area contributed by atoms with E-state index < -0.39 is 36.8 Å². The van der Waals surface area contributed by atoms with Crippen molar-refractivity contribution in [3.8, 4) is 0 Å². The average molecular weight is 506 g/mol. The van der Waals surface area contributed by atoms with Crippen LogP contribution in [0.5, 0.6) is 0 Å². The molecule has 2 heterocycles. The summed E-state index contributed by atoms with van der Waals surface area (Å²) in [6, 6.07) is 6.35. The van der Waals surface area contributed by atoms with Crippen LogP contribution in [0.4, 0.5) is 0 Å². The number of allylic oxidation sites excluding steroid dienone is 1. The first kappa shape index (κ1) is 20.6. The monoisotopic (exact) mass is 506 g/mol. The second-order valence-corrected chi connectivity index (χ2v) is 10.4. The molecule has 0 aromatic heterocycles. The molecule has 0 aliphatic carbocycles. The zero-order valence-corrected chi connectivity index (χ0v) is 18.3. The Kier molecular flexibility index (Phi) is 6.14. The van der Waals surface area contributed by atoms with Crippen molar-refractivity contribution in [2.24, 2.45) is 0 Å². The fourth-order valence-corrected chi connectivity index (χ4v) is 4.88. The molecule has 0 atom stereocenters. The fourth-order valence-electron chi connectivity index (χ4n) is 3.58. The third kappa shape index (κ3) is 4.47. The highest BCUT2D eigenvalue weighted by Gasteiger charge is 2.46. The van der Waals surface area contributed by atoms with E-state index in [9.17, 15) is 16.3 Å². The van der Waals surface area contributed by atoms with Crippen molar-refractivity contribution in [3.63, 3.8) is 0 Å². The van der Waals surface area contributed by atoms with E-state index >= 15 is 0 Å². The SMILES string of the molecule is CN1CCC2(CC1)OCCN2/C(=C\c1ccc(S(C)(=O)=O)cc1)C(=O)I=O. The van der Waals surface area contributed by atoms with Gasteiger partial charge in [0.15, 0.2) is 9.84 Å². The van der Waals surface area contributed by atoms with E-state index in [0.717, 1.165) is 32.2 Å². The zero-order chi connectivity index (χ0) is 19.7. The third-order valence-electron chi connectivity index (χ3n) is 5.12. The topological polar surface area (TPSA) is 84.0 Å². The van der Waals surface area contributed by atoms with E-state index in [-0.39, 0.29) is 8.69 Å². The Bertz CT molecular complexity index is 858. The molecule has 1 aromatic rings. The fraction of sp³-hybridized carbons (Fsp3) is 0.500. The molecule has 2 fully saturated rings. The van der Waals surface area contributed by atoms with E-state index in [0.29, 0.717) is 24.4 Å². The Balaban J connectivity index is 1.95. The summed E-state index contributed by atoms with van der Waals surface area (Å²) in [6.45, 7) is 2.84. The van der Waals surface area contributed by atoms with E-state index in [1.54, 1.807) is 18.2 Å². The summed E-state index contributed by atoms with van der Waals surface area (Å²) in [5, 5.41) is 0. The van der Waals surface area contributed by atoms with Crippen LogP contribution in [0.25, 0.3) is 6.08 Å². The molecule has 0 radical (unpaired) electrons. The van der Waals surface area contributed by atoms with Crippen LogP contribution < -0.4 is 0 Å². The quantitative estimate of drug-likeness (QED) is 0.343. The molecule has 9 heteroatoms. The van der Waals surface area contributed by atoms with Crippen molar-refractivity contribution in [3.05, 3.63) is 35.5 Å². The number of halogens is 1. The lowest BCUT2D eigenvalue weighted by atomic mass is 9.98. The number of likely N-dealkylation sites (tertiary alicyclic amines) is 1. The lowest BCUT2D eigenvalue weighted by Gasteiger charge is -2.43. The molecule has 0 amide bonds. The number of carbonyl (C=O) groups is 1. The summed E-state index contributed by atoms with van der Waals surface area (Å²) < 4.78 is 40.4. The first-order valence-corrected chi connectivity index (χ1v) is 12.5. The molecule has 1 spiro atoms. The van der Waals surface area contributed by atoms with Crippen molar-refractivity contribution >= 4 is 40.9 Å². The maximum atomic E-state index is 12.5. The standard InChI is InChI=1S/C18H23IN2O5S/c1-20-9-7-18(8-10-20)21(11-12-26-18)16(17(22)19-23)13-14-3-5-15(6-4-14)27(2,24)25/h3-6,13H,7-12H2,1-2H3/b16-13-. The van der Waals surface area contributed by atoms with Gasteiger partial charge in [0.2, 0.25) is 21.2 Å². The van der Waals surface area contributed by atoms with Crippen LogP contribution in [0.1, 0.15) is 18.4 Å². The highest BCUT2D eigenvalue weighted by Crippen LogP contribution is 2.38. The Morgan fingerprint density at radius 2 is 1.81 bits per heavy atom. The number of sulfone groups is 1. The van der Waals surface area contributed by atoms with Gasteiger partial charge >= 0.3 is 0 Å². The van der Waals surface area contributed by atoms with Gasteiger partial charge in [-0.2, -0.15) is 0 Å². The summed E-state index contributed by atoms with van der Waals surface area (Å²) in [5.74, 6) is 0. The van der Waals surface area contributed by atoms with Crippen molar-refractivity contribution in [2.45, 2.75) is 23.5 Å². The van der Waals surface area contributed by atoms with Gasteiger partial charge in [0, 0.05) is 38.7 Å².